The Morgan fingerprint density at radius 3 is 2.48 bits per heavy atom. The number of rotatable bonds is 4. The quantitative estimate of drug-likeness (QED) is 0.732. The topological polar surface area (TPSA) is 67.4 Å². The van der Waals surface area contributed by atoms with Gasteiger partial charge in [0.1, 0.15) is 11.5 Å². The molecule has 1 N–H and O–H groups in total. The van der Waals surface area contributed by atoms with Crippen LogP contribution in [0.2, 0.25) is 0 Å². The summed E-state index contributed by atoms with van der Waals surface area (Å²) in [4.78, 5) is 24.1. The fourth-order valence-electron chi connectivity index (χ4n) is 3.36. The number of amides is 1. The van der Waals surface area contributed by atoms with E-state index in [4.69, 9.17) is 4.74 Å². The number of aryl methyl sites for hydroxylation is 2. The van der Waals surface area contributed by atoms with Gasteiger partial charge in [0.2, 0.25) is 0 Å². The number of ether oxygens (including phenoxy) is 1. The first-order valence-electron chi connectivity index (χ1n) is 9.76. The maximum absolute atomic E-state index is 13.1. The fraction of sp³-hybridized carbons (Fsp3) is 0.261. The minimum atomic E-state index is -0.100. The summed E-state index contributed by atoms with van der Waals surface area (Å²) in [5.41, 5.74) is 4.52. The zero-order valence-electron chi connectivity index (χ0n) is 16.7. The Morgan fingerprint density at radius 1 is 1.00 bits per heavy atom. The van der Waals surface area contributed by atoms with Crippen LogP contribution in [-0.4, -0.2) is 47.1 Å². The van der Waals surface area contributed by atoms with E-state index in [0.717, 1.165) is 16.8 Å². The number of aromatic nitrogens is 2. The summed E-state index contributed by atoms with van der Waals surface area (Å²) in [6.07, 6.45) is 0. The lowest BCUT2D eigenvalue weighted by molar-refractivity contribution is 0.0299. The van der Waals surface area contributed by atoms with Crippen molar-refractivity contribution in [3.05, 3.63) is 71.4 Å². The number of hydrogen-bond acceptors (Lipinski definition) is 5. The minimum Gasteiger partial charge on any atom is -0.378 e. The molecule has 0 radical (unpaired) electrons. The third-order valence-corrected chi connectivity index (χ3v) is 4.92. The van der Waals surface area contributed by atoms with Crippen LogP contribution < -0.4 is 5.32 Å². The third kappa shape index (κ3) is 4.43. The van der Waals surface area contributed by atoms with Gasteiger partial charge in [-0.05, 0) is 25.5 Å². The van der Waals surface area contributed by atoms with Gasteiger partial charge in [0.05, 0.1) is 13.2 Å². The monoisotopic (exact) mass is 388 g/mol. The number of morpholine rings is 1. The van der Waals surface area contributed by atoms with Crippen molar-refractivity contribution in [1.82, 2.24) is 14.9 Å². The molecule has 0 bridgehead atoms. The van der Waals surface area contributed by atoms with Crippen molar-refractivity contribution >= 4 is 17.4 Å². The number of nitrogens with one attached hydrogen (secondary N) is 1. The van der Waals surface area contributed by atoms with Crippen LogP contribution in [0.4, 0.5) is 11.5 Å². The molecular weight excluding hydrogens is 364 g/mol. The molecule has 2 aromatic carbocycles. The van der Waals surface area contributed by atoms with Gasteiger partial charge in [-0.2, -0.15) is 0 Å². The zero-order chi connectivity index (χ0) is 20.2. The summed E-state index contributed by atoms with van der Waals surface area (Å²) < 4.78 is 5.37. The third-order valence-electron chi connectivity index (χ3n) is 4.92. The van der Waals surface area contributed by atoms with Crippen LogP contribution in [0, 0.1) is 13.8 Å². The van der Waals surface area contributed by atoms with E-state index in [0.29, 0.717) is 43.6 Å². The molecule has 0 atom stereocenters. The predicted octanol–water partition coefficient (Wildman–Crippen LogP) is 3.98. The molecule has 3 aromatic rings. The van der Waals surface area contributed by atoms with Gasteiger partial charge in [-0.25, -0.2) is 9.97 Å². The molecule has 0 spiro atoms. The largest absolute Gasteiger partial charge is 0.378 e. The van der Waals surface area contributed by atoms with Crippen LogP contribution in [0.15, 0.2) is 54.6 Å². The van der Waals surface area contributed by atoms with Crippen molar-refractivity contribution in [3.8, 4) is 11.4 Å². The highest BCUT2D eigenvalue weighted by Gasteiger charge is 2.21. The summed E-state index contributed by atoms with van der Waals surface area (Å²) in [5, 5.41) is 3.36. The Labute approximate surface area is 170 Å². The Hall–Kier alpha value is -3.25. The number of carbonyl (C=O) groups is 1. The first-order valence-corrected chi connectivity index (χ1v) is 9.76. The van der Waals surface area contributed by atoms with Gasteiger partial charge in [-0.3, -0.25) is 4.79 Å². The van der Waals surface area contributed by atoms with E-state index in [-0.39, 0.29) is 5.91 Å². The SMILES string of the molecule is Cc1ccc(Nc2cc(C(=O)N3CCOCC3)nc(-c3ccccc3)n2)c(C)c1. The summed E-state index contributed by atoms with van der Waals surface area (Å²) in [6.45, 7) is 6.36. The minimum absolute atomic E-state index is 0.100. The molecule has 1 fully saturated rings. The molecule has 6 nitrogen and oxygen atoms in total. The molecule has 1 aliphatic rings. The highest BCUT2D eigenvalue weighted by atomic mass is 16.5. The zero-order valence-corrected chi connectivity index (χ0v) is 16.7. The van der Waals surface area contributed by atoms with Gasteiger partial charge in [0.25, 0.3) is 5.91 Å². The molecule has 0 aliphatic carbocycles. The highest BCUT2D eigenvalue weighted by Crippen LogP contribution is 2.24. The maximum atomic E-state index is 13.1. The van der Waals surface area contributed by atoms with Crippen LogP contribution in [0.25, 0.3) is 11.4 Å². The van der Waals surface area contributed by atoms with Crippen molar-refractivity contribution < 1.29 is 9.53 Å². The molecule has 1 saturated heterocycles. The van der Waals surface area contributed by atoms with Crippen LogP contribution in [-0.2, 0) is 4.74 Å². The Bertz CT molecular complexity index is 1010. The second-order valence-electron chi connectivity index (χ2n) is 7.18. The molecule has 1 amide bonds. The molecule has 4 rings (SSSR count). The molecule has 148 valence electrons. The summed E-state index contributed by atoms with van der Waals surface area (Å²) in [6, 6.07) is 17.6. The Balaban J connectivity index is 1.72. The van der Waals surface area contributed by atoms with Gasteiger partial charge in [0, 0.05) is 30.4 Å². The van der Waals surface area contributed by atoms with Crippen LogP contribution >= 0.6 is 0 Å². The van der Waals surface area contributed by atoms with Gasteiger partial charge in [-0.1, -0.05) is 48.0 Å². The average molecular weight is 388 g/mol. The number of anilines is 2. The smallest absolute Gasteiger partial charge is 0.272 e. The number of hydrogen-bond donors (Lipinski definition) is 1. The molecule has 0 unspecified atom stereocenters. The van der Waals surface area contributed by atoms with Gasteiger partial charge >= 0.3 is 0 Å². The molecule has 2 heterocycles. The molecule has 1 aliphatic heterocycles. The number of nitrogens with zero attached hydrogens (tertiary/aromatic N) is 3. The molecule has 0 saturated carbocycles. The molecular formula is C23H24N4O2. The average Bonchev–Trinajstić information content (AvgIpc) is 2.76. The van der Waals surface area contributed by atoms with Crippen LogP contribution in [0.1, 0.15) is 21.6 Å². The Morgan fingerprint density at radius 2 is 1.76 bits per heavy atom. The summed E-state index contributed by atoms with van der Waals surface area (Å²) >= 11 is 0. The predicted molar refractivity (Wildman–Crippen MR) is 113 cm³/mol. The van der Waals surface area contributed by atoms with E-state index in [9.17, 15) is 4.79 Å². The van der Waals surface area contributed by atoms with Gasteiger partial charge in [-0.15, -0.1) is 0 Å². The van der Waals surface area contributed by atoms with E-state index in [2.05, 4.69) is 41.3 Å². The number of carbonyl (C=O) groups excluding carboxylic acids is 1. The van der Waals surface area contributed by atoms with Crippen molar-refractivity contribution in [2.45, 2.75) is 13.8 Å². The molecule has 1 aromatic heterocycles. The first-order chi connectivity index (χ1) is 14.1. The highest BCUT2D eigenvalue weighted by molar-refractivity contribution is 5.93. The Kier molecular flexibility index (Phi) is 5.53. The lowest BCUT2D eigenvalue weighted by atomic mass is 10.1. The molecule has 29 heavy (non-hydrogen) atoms. The van der Waals surface area contributed by atoms with Crippen molar-refractivity contribution in [1.29, 1.82) is 0 Å². The van der Waals surface area contributed by atoms with Crippen molar-refractivity contribution in [2.75, 3.05) is 31.6 Å². The lowest BCUT2D eigenvalue weighted by Crippen LogP contribution is -2.41. The fourth-order valence-corrected chi connectivity index (χ4v) is 3.36. The van der Waals surface area contributed by atoms with E-state index in [1.807, 2.05) is 36.4 Å². The van der Waals surface area contributed by atoms with Crippen molar-refractivity contribution in [2.24, 2.45) is 0 Å². The maximum Gasteiger partial charge on any atom is 0.272 e. The first kappa shape index (κ1) is 19.1. The van der Waals surface area contributed by atoms with E-state index < -0.39 is 0 Å². The summed E-state index contributed by atoms with van der Waals surface area (Å²) in [5.74, 6) is 1.02. The van der Waals surface area contributed by atoms with E-state index >= 15 is 0 Å². The van der Waals surface area contributed by atoms with E-state index in [1.54, 1.807) is 11.0 Å². The lowest BCUT2D eigenvalue weighted by Gasteiger charge is -2.26. The van der Waals surface area contributed by atoms with E-state index in [1.165, 1.54) is 5.56 Å². The van der Waals surface area contributed by atoms with Crippen LogP contribution in [0.3, 0.4) is 0 Å². The number of benzene rings is 2. The van der Waals surface area contributed by atoms with Gasteiger partial charge < -0.3 is 15.0 Å². The normalized spacial score (nSPS) is 13.9. The van der Waals surface area contributed by atoms with Crippen LogP contribution in [0.5, 0.6) is 0 Å². The second kappa shape index (κ2) is 8.41. The second-order valence-corrected chi connectivity index (χ2v) is 7.18. The van der Waals surface area contributed by atoms with Gasteiger partial charge in [0.15, 0.2) is 5.82 Å². The molecule has 6 heteroatoms. The van der Waals surface area contributed by atoms with Crippen molar-refractivity contribution in [3.63, 3.8) is 0 Å². The standard InChI is InChI=1S/C23H24N4O2/c1-16-8-9-19(17(2)14-16)24-21-15-20(23(28)27-10-12-29-13-11-27)25-22(26-21)18-6-4-3-5-7-18/h3-9,14-15H,10-13H2,1-2H3,(H,24,25,26). The summed E-state index contributed by atoms with van der Waals surface area (Å²) in [7, 11) is 0.